The highest BCUT2D eigenvalue weighted by Gasteiger charge is 2.54. The molecule has 0 atom stereocenters. The number of hydrogen-bond donors (Lipinski definition) is 3. The second kappa shape index (κ2) is 5.96. The highest BCUT2D eigenvalue weighted by Crippen LogP contribution is 2.54. The van der Waals surface area contributed by atoms with Crippen molar-refractivity contribution in [1.29, 1.82) is 0 Å². The molecule has 2 aliphatic heterocycles. The van der Waals surface area contributed by atoms with E-state index in [1.807, 2.05) is 11.0 Å². The van der Waals surface area contributed by atoms with E-state index in [1.54, 1.807) is 12.1 Å². The van der Waals surface area contributed by atoms with Crippen LogP contribution in [-0.2, 0) is 16.8 Å². The molecule has 1 aliphatic carbocycles. The van der Waals surface area contributed by atoms with Crippen molar-refractivity contribution in [3.8, 4) is 11.4 Å². The average molecular weight is 416 g/mol. The first kappa shape index (κ1) is 17.3. The molecule has 3 aromatic rings. The van der Waals surface area contributed by atoms with Crippen molar-refractivity contribution < 1.29 is 13.9 Å². The molecule has 7 nitrogen and oxygen atoms in total. The molecule has 3 N–H and O–H groups in total. The Morgan fingerprint density at radius 3 is 2.90 bits per heavy atom. The van der Waals surface area contributed by atoms with Crippen LogP contribution in [0.4, 0.5) is 9.18 Å². The predicted octanol–water partition coefficient (Wildman–Crippen LogP) is 3.65. The van der Waals surface area contributed by atoms with Crippen LogP contribution in [0.25, 0.3) is 22.3 Å². The standard InChI is InChI=1S/C20H19ClFN5O2/c21-12-3-2-10-6-13(24-17(10)16(12)22)18-15-14(25-26-18)7-27(20(15)4-1-5-20)19(28)23-11-8-29-9-11/h2-3,6,11,24H,1,4-5,7-9H2,(H,23,28)(H,25,26). The zero-order valence-electron chi connectivity index (χ0n) is 15.5. The van der Waals surface area contributed by atoms with E-state index >= 15 is 0 Å². The molecule has 1 saturated heterocycles. The first-order valence-electron chi connectivity index (χ1n) is 9.77. The van der Waals surface area contributed by atoms with E-state index in [-0.39, 0.29) is 22.6 Å². The van der Waals surface area contributed by atoms with E-state index in [2.05, 4.69) is 20.5 Å². The number of halogens is 2. The normalized spacial score (nSPS) is 20.0. The summed E-state index contributed by atoms with van der Waals surface area (Å²) in [5.41, 5.74) is 3.45. The zero-order valence-corrected chi connectivity index (χ0v) is 16.3. The maximum atomic E-state index is 14.4. The van der Waals surface area contributed by atoms with Crippen molar-refractivity contribution in [2.75, 3.05) is 13.2 Å². The predicted molar refractivity (Wildman–Crippen MR) is 105 cm³/mol. The maximum Gasteiger partial charge on any atom is 0.318 e. The highest BCUT2D eigenvalue weighted by atomic mass is 35.5. The molecule has 0 radical (unpaired) electrons. The number of urea groups is 1. The molecule has 1 saturated carbocycles. The van der Waals surface area contributed by atoms with Crippen LogP contribution < -0.4 is 5.32 Å². The second-order valence-corrected chi connectivity index (χ2v) is 8.50. The Bertz CT molecular complexity index is 1150. The lowest BCUT2D eigenvalue weighted by Gasteiger charge is -2.46. The summed E-state index contributed by atoms with van der Waals surface area (Å²) in [4.78, 5) is 18.0. The summed E-state index contributed by atoms with van der Waals surface area (Å²) in [7, 11) is 0. The molecular weight excluding hydrogens is 397 g/mol. The van der Waals surface area contributed by atoms with Gasteiger partial charge in [0.15, 0.2) is 5.82 Å². The van der Waals surface area contributed by atoms with Crippen LogP contribution in [0.2, 0.25) is 5.02 Å². The number of nitrogens with one attached hydrogen (secondary N) is 3. The Hall–Kier alpha value is -2.58. The number of carbonyl (C=O) groups is 1. The Morgan fingerprint density at radius 1 is 1.38 bits per heavy atom. The van der Waals surface area contributed by atoms with Gasteiger partial charge in [0.05, 0.1) is 53.3 Å². The fourth-order valence-electron chi connectivity index (χ4n) is 4.77. The summed E-state index contributed by atoms with van der Waals surface area (Å²) in [6.45, 7) is 1.61. The van der Waals surface area contributed by atoms with Crippen LogP contribution in [0.15, 0.2) is 18.2 Å². The second-order valence-electron chi connectivity index (χ2n) is 8.09. The topological polar surface area (TPSA) is 86.0 Å². The molecule has 1 aromatic carbocycles. The van der Waals surface area contributed by atoms with Gasteiger partial charge in [0.2, 0.25) is 0 Å². The van der Waals surface area contributed by atoms with E-state index in [1.165, 1.54) is 0 Å². The minimum atomic E-state index is -0.468. The van der Waals surface area contributed by atoms with Gasteiger partial charge in [-0.1, -0.05) is 17.7 Å². The Balaban J connectivity index is 1.41. The third kappa shape index (κ3) is 2.33. The summed E-state index contributed by atoms with van der Waals surface area (Å²) < 4.78 is 19.6. The lowest BCUT2D eigenvalue weighted by molar-refractivity contribution is -0.00867. The smallest absolute Gasteiger partial charge is 0.318 e. The van der Waals surface area contributed by atoms with Crippen molar-refractivity contribution in [2.24, 2.45) is 0 Å². The Labute approximate surface area is 170 Å². The molecule has 2 fully saturated rings. The van der Waals surface area contributed by atoms with Crippen molar-refractivity contribution in [2.45, 2.75) is 37.4 Å². The molecule has 29 heavy (non-hydrogen) atoms. The summed E-state index contributed by atoms with van der Waals surface area (Å²) >= 11 is 5.93. The molecule has 1 spiro atoms. The van der Waals surface area contributed by atoms with Crippen molar-refractivity contribution >= 4 is 28.5 Å². The maximum absolute atomic E-state index is 14.4. The zero-order chi connectivity index (χ0) is 19.8. The number of fused-ring (bicyclic) bond motifs is 3. The summed E-state index contributed by atoms with van der Waals surface area (Å²) in [5.74, 6) is -0.468. The lowest BCUT2D eigenvalue weighted by Crippen LogP contribution is -2.58. The number of H-pyrrole nitrogens is 2. The summed E-state index contributed by atoms with van der Waals surface area (Å²) in [6, 6.07) is 5.23. The number of amides is 2. The fraction of sp³-hybridized carbons (Fsp3) is 0.400. The van der Waals surface area contributed by atoms with E-state index in [0.717, 1.165) is 47.3 Å². The van der Waals surface area contributed by atoms with Crippen LogP contribution >= 0.6 is 11.6 Å². The quantitative estimate of drug-likeness (QED) is 0.597. The Kier molecular flexibility index (Phi) is 3.56. The first-order chi connectivity index (χ1) is 14.1. The Morgan fingerprint density at radius 2 is 2.21 bits per heavy atom. The monoisotopic (exact) mass is 415 g/mol. The van der Waals surface area contributed by atoms with Gasteiger partial charge < -0.3 is 19.9 Å². The van der Waals surface area contributed by atoms with Gasteiger partial charge in [-0.25, -0.2) is 9.18 Å². The van der Waals surface area contributed by atoms with Crippen LogP contribution in [0.5, 0.6) is 0 Å². The highest BCUT2D eigenvalue weighted by molar-refractivity contribution is 6.31. The van der Waals surface area contributed by atoms with Crippen molar-refractivity contribution in [3.05, 3.63) is 40.3 Å². The van der Waals surface area contributed by atoms with Gasteiger partial charge in [-0.05, 0) is 31.4 Å². The van der Waals surface area contributed by atoms with Gasteiger partial charge in [0, 0.05) is 10.9 Å². The van der Waals surface area contributed by atoms with Crippen LogP contribution in [-0.4, -0.2) is 45.4 Å². The van der Waals surface area contributed by atoms with Crippen molar-refractivity contribution in [3.63, 3.8) is 0 Å². The minimum Gasteiger partial charge on any atom is -0.377 e. The van der Waals surface area contributed by atoms with Gasteiger partial charge in [-0.2, -0.15) is 5.10 Å². The average Bonchev–Trinajstić information content (AvgIpc) is 3.31. The molecule has 6 rings (SSSR count). The van der Waals surface area contributed by atoms with Crippen LogP contribution in [0.3, 0.4) is 0 Å². The van der Waals surface area contributed by atoms with Gasteiger partial charge in [0.25, 0.3) is 0 Å². The fourth-order valence-corrected chi connectivity index (χ4v) is 4.93. The van der Waals surface area contributed by atoms with E-state index in [9.17, 15) is 9.18 Å². The minimum absolute atomic E-state index is 0.0666. The SMILES string of the molecule is O=C(NC1COC1)N1Cc2[nH]nc(-c3cc4ccc(Cl)c(F)c4[nH]3)c2C12CCC2. The molecule has 2 aromatic heterocycles. The molecule has 9 heteroatoms. The van der Waals surface area contributed by atoms with Crippen molar-refractivity contribution in [1.82, 2.24) is 25.4 Å². The van der Waals surface area contributed by atoms with Gasteiger partial charge in [-0.15, -0.1) is 0 Å². The number of benzene rings is 1. The molecule has 3 aliphatic rings. The molecule has 150 valence electrons. The third-order valence-corrected chi connectivity index (χ3v) is 6.76. The third-order valence-electron chi connectivity index (χ3n) is 6.47. The molecular formula is C20H19ClFN5O2. The van der Waals surface area contributed by atoms with E-state index in [0.29, 0.717) is 25.3 Å². The number of rotatable bonds is 2. The molecule has 0 bridgehead atoms. The number of nitrogens with zero attached hydrogens (tertiary/aromatic N) is 2. The number of carbonyl (C=O) groups excluding carboxylic acids is 1. The largest absolute Gasteiger partial charge is 0.377 e. The first-order valence-corrected chi connectivity index (χ1v) is 10.2. The summed E-state index contributed by atoms with van der Waals surface area (Å²) in [6.07, 6.45) is 2.83. The van der Waals surface area contributed by atoms with E-state index < -0.39 is 5.82 Å². The molecule has 2 amide bonds. The molecule has 4 heterocycles. The molecule has 0 unspecified atom stereocenters. The number of ether oxygens (including phenoxy) is 1. The number of aromatic nitrogens is 3. The summed E-state index contributed by atoms with van der Waals surface area (Å²) in [5, 5.41) is 11.5. The van der Waals surface area contributed by atoms with Crippen LogP contribution in [0.1, 0.15) is 30.5 Å². The number of aromatic amines is 2. The van der Waals surface area contributed by atoms with Crippen LogP contribution in [0, 0.1) is 5.82 Å². The van der Waals surface area contributed by atoms with Gasteiger partial charge in [0.1, 0.15) is 5.69 Å². The number of hydrogen-bond acceptors (Lipinski definition) is 3. The van der Waals surface area contributed by atoms with Gasteiger partial charge >= 0.3 is 6.03 Å². The lowest BCUT2D eigenvalue weighted by atomic mass is 9.71. The van der Waals surface area contributed by atoms with Gasteiger partial charge in [-0.3, -0.25) is 5.10 Å². The van der Waals surface area contributed by atoms with E-state index in [4.69, 9.17) is 16.3 Å².